The minimum atomic E-state index is 0.657. The van der Waals surface area contributed by atoms with Gasteiger partial charge in [0, 0.05) is 13.0 Å². The average molecular weight is 292 g/mol. The number of piperidine rings is 1. The van der Waals surface area contributed by atoms with Crippen LogP contribution in [0.15, 0.2) is 11.6 Å². The van der Waals surface area contributed by atoms with Crippen molar-refractivity contribution in [1.82, 2.24) is 10.6 Å². The van der Waals surface area contributed by atoms with Crippen molar-refractivity contribution >= 4 is 0 Å². The fraction of sp³-hybridized carbons (Fsp3) is 0.889. The van der Waals surface area contributed by atoms with Crippen molar-refractivity contribution < 1.29 is 4.48 Å². The van der Waals surface area contributed by atoms with E-state index in [2.05, 4.69) is 23.6 Å². The van der Waals surface area contributed by atoms with E-state index in [1.807, 2.05) is 0 Å². The molecular weight excluding hydrogens is 258 g/mol. The van der Waals surface area contributed by atoms with Gasteiger partial charge in [-0.3, -0.25) is 5.32 Å². The van der Waals surface area contributed by atoms with Crippen molar-refractivity contribution in [2.24, 2.45) is 0 Å². The molecule has 0 aromatic carbocycles. The largest absolute Gasteiger partial charge is 0.313 e. The van der Waals surface area contributed by atoms with Crippen LogP contribution in [0.2, 0.25) is 0 Å². The Labute approximate surface area is 130 Å². The van der Waals surface area contributed by atoms with Crippen LogP contribution in [0, 0.1) is 0 Å². The van der Waals surface area contributed by atoms with Crippen molar-refractivity contribution in [3.05, 3.63) is 11.6 Å². The first-order valence-corrected chi connectivity index (χ1v) is 9.34. The molecule has 120 valence electrons. The fourth-order valence-corrected chi connectivity index (χ4v) is 4.81. The molecule has 2 N–H and O–H groups in total. The van der Waals surface area contributed by atoms with Gasteiger partial charge in [-0.05, 0) is 44.2 Å². The first-order valence-electron chi connectivity index (χ1n) is 9.34. The highest BCUT2D eigenvalue weighted by atomic mass is 15.5. The molecule has 0 bridgehead atoms. The Hall–Kier alpha value is -0.380. The minimum absolute atomic E-state index is 0.657. The van der Waals surface area contributed by atoms with Gasteiger partial charge in [-0.25, -0.2) is 0 Å². The molecule has 0 aromatic rings. The van der Waals surface area contributed by atoms with Crippen LogP contribution in [-0.2, 0) is 0 Å². The van der Waals surface area contributed by atoms with Crippen molar-refractivity contribution in [1.29, 1.82) is 0 Å². The molecule has 3 heteroatoms. The van der Waals surface area contributed by atoms with Gasteiger partial charge in [0.15, 0.2) is 0 Å². The molecule has 3 nitrogen and oxygen atoms in total. The van der Waals surface area contributed by atoms with Crippen LogP contribution in [0.1, 0.15) is 58.3 Å². The molecule has 0 radical (unpaired) electrons. The summed E-state index contributed by atoms with van der Waals surface area (Å²) in [5.41, 5.74) is 1.65. The summed E-state index contributed by atoms with van der Waals surface area (Å²) in [4.78, 5) is 0. The number of hydrogen-bond acceptors (Lipinski definition) is 2. The van der Waals surface area contributed by atoms with Crippen molar-refractivity contribution in [3.63, 3.8) is 0 Å². The number of nitrogens with zero attached hydrogens (tertiary/aromatic N) is 1. The molecule has 3 heterocycles. The van der Waals surface area contributed by atoms with E-state index in [1.165, 1.54) is 75.6 Å². The normalized spacial score (nSPS) is 36.3. The van der Waals surface area contributed by atoms with Crippen LogP contribution in [0.3, 0.4) is 0 Å². The third kappa shape index (κ3) is 3.35. The van der Waals surface area contributed by atoms with Crippen molar-refractivity contribution in [2.75, 3.05) is 32.8 Å². The first-order chi connectivity index (χ1) is 10.4. The molecule has 0 aliphatic carbocycles. The van der Waals surface area contributed by atoms with Crippen LogP contribution >= 0.6 is 0 Å². The van der Waals surface area contributed by atoms with E-state index in [0.29, 0.717) is 6.04 Å². The summed E-state index contributed by atoms with van der Waals surface area (Å²) < 4.78 is 1.38. The van der Waals surface area contributed by atoms with Crippen LogP contribution < -0.4 is 10.6 Å². The lowest BCUT2D eigenvalue weighted by Crippen LogP contribution is -2.57. The maximum atomic E-state index is 3.91. The summed E-state index contributed by atoms with van der Waals surface area (Å²) in [6, 6.07) is 1.51. The maximum Gasteiger partial charge on any atom is 0.133 e. The van der Waals surface area contributed by atoms with Crippen LogP contribution in [0.25, 0.3) is 0 Å². The summed E-state index contributed by atoms with van der Waals surface area (Å²) in [7, 11) is 0. The Morgan fingerprint density at radius 1 is 1.24 bits per heavy atom. The van der Waals surface area contributed by atoms with Gasteiger partial charge in [-0.1, -0.05) is 25.8 Å². The zero-order chi connectivity index (χ0) is 14.5. The van der Waals surface area contributed by atoms with Gasteiger partial charge in [0.1, 0.15) is 12.7 Å². The Balaban J connectivity index is 1.66. The van der Waals surface area contributed by atoms with Gasteiger partial charge in [0.2, 0.25) is 0 Å². The van der Waals surface area contributed by atoms with Crippen LogP contribution in [0.4, 0.5) is 0 Å². The Morgan fingerprint density at radius 3 is 3.00 bits per heavy atom. The number of fused-ring (bicyclic) bond motifs is 1. The maximum absolute atomic E-state index is 3.91. The second kappa shape index (κ2) is 7.26. The predicted octanol–water partition coefficient (Wildman–Crippen LogP) is 2.79. The number of nitrogens with one attached hydrogen (secondary N) is 2. The van der Waals surface area contributed by atoms with E-state index in [-0.39, 0.29) is 0 Å². The van der Waals surface area contributed by atoms with E-state index in [9.17, 15) is 0 Å². The lowest BCUT2D eigenvalue weighted by Gasteiger charge is -2.44. The van der Waals surface area contributed by atoms with E-state index in [0.717, 1.165) is 19.1 Å². The number of hydrogen-bond donors (Lipinski definition) is 2. The summed E-state index contributed by atoms with van der Waals surface area (Å²) in [5, 5.41) is 7.48. The summed E-state index contributed by atoms with van der Waals surface area (Å²) in [6.07, 6.45) is 13.7. The molecule has 0 aromatic heterocycles. The second-order valence-electron chi connectivity index (χ2n) is 7.37. The van der Waals surface area contributed by atoms with Crippen molar-refractivity contribution in [3.8, 4) is 0 Å². The quantitative estimate of drug-likeness (QED) is 0.447. The number of unbranched alkanes of at least 4 members (excludes halogenated alkanes) is 3. The molecule has 3 aliphatic heterocycles. The summed E-state index contributed by atoms with van der Waals surface area (Å²) >= 11 is 0. The lowest BCUT2D eigenvalue weighted by molar-refractivity contribution is -0.945. The zero-order valence-electron chi connectivity index (χ0n) is 13.9. The smallest absolute Gasteiger partial charge is 0.133 e. The SMILES string of the molecule is CCCCCC[N+]12CCCCC1C(C1=CCCNC1)NC2. The first kappa shape index (κ1) is 15.5. The van der Waals surface area contributed by atoms with E-state index in [1.54, 1.807) is 5.57 Å². The fourth-order valence-electron chi connectivity index (χ4n) is 4.81. The Kier molecular flexibility index (Phi) is 5.36. The molecule has 0 spiro atoms. The monoisotopic (exact) mass is 292 g/mol. The molecular formula is C18H34N3+. The van der Waals surface area contributed by atoms with Crippen LogP contribution in [0.5, 0.6) is 0 Å². The highest BCUT2D eigenvalue weighted by Crippen LogP contribution is 2.35. The number of rotatable bonds is 6. The third-order valence-electron chi connectivity index (χ3n) is 5.98. The van der Waals surface area contributed by atoms with Crippen LogP contribution in [-0.4, -0.2) is 49.4 Å². The number of quaternary nitrogens is 1. The second-order valence-corrected chi connectivity index (χ2v) is 7.37. The van der Waals surface area contributed by atoms with Gasteiger partial charge < -0.3 is 9.80 Å². The standard InChI is InChI=1S/C18H34N3/c1-2-3-4-6-12-21-13-7-5-10-17(21)18(20-15-21)16-9-8-11-19-14-16/h9,17-20H,2-8,10-15H2,1H3/q+1. The molecule has 0 saturated carbocycles. The minimum Gasteiger partial charge on any atom is -0.313 e. The van der Waals surface area contributed by atoms with E-state index in [4.69, 9.17) is 0 Å². The summed E-state index contributed by atoms with van der Waals surface area (Å²) in [5.74, 6) is 0. The van der Waals surface area contributed by atoms with E-state index < -0.39 is 0 Å². The Morgan fingerprint density at radius 2 is 2.19 bits per heavy atom. The predicted molar refractivity (Wildman–Crippen MR) is 89.1 cm³/mol. The zero-order valence-corrected chi connectivity index (χ0v) is 13.9. The van der Waals surface area contributed by atoms with Crippen molar-refractivity contribution in [2.45, 2.75) is 70.4 Å². The molecule has 2 saturated heterocycles. The molecule has 3 rings (SSSR count). The average Bonchev–Trinajstić information content (AvgIpc) is 2.92. The van der Waals surface area contributed by atoms with Gasteiger partial charge in [-0.2, -0.15) is 0 Å². The molecule has 3 atom stereocenters. The third-order valence-corrected chi connectivity index (χ3v) is 5.98. The topological polar surface area (TPSA) is 24.1 Å². The highest BCUT2D eigenvalue weighted by molar-refractivity contribution is 5.18. The summed E-state index contributed by atoms with van der Waals surface area (Å²) in [6.45, 7) is 8.64. The van der Waals surface area contributed by atoms with Gasteiger partial charge in [0.25, 0.3) is 0 Å². The molecule has 2 fully saturated rings. The highest BCUT2D eigenvalue weighted by Gasteiger charge is 2.49. The molecule has 3 unspecified atom stereocenters. The van der Waals surface area contributed by atoms with E-state index >= 15 is 0 Å². The molecule has 3 aliphatic rings. The van der Waals surface area contributed by atoms with Gasteiger partial charge >= 0.3 is 0 Å². The molecule has 21 heavy (non-hydrogen) atoms. The van der Waals surface area contributed by atoms with Gasteiger partial charge in [0.05, 0.1) is 19.1 Å². The molecule has 0 amide bonds. The lowest BCUT2D eigenvalue weighted by atomic mass is 9.89. The van der Waals surface area contributed by atoms with Gasteiger partial charge in [-0.15, -0.1) is 0 Å². The Bertz CT molecular complexity index is 365.